The molecule has 106 valence electrons. The van der Waals surface area contributed by atoms with Gasteiger partial charge >= 0.3 is 0 Å². The van der Waals surface area contributed by atoms with Crippen LogP contribution in [0.2, 0.25) is 5.02 Å². The molecular formula is C14H16ClN3OS. The second-order valence-corrected chi connectivity index (χ2v) is 6.15. The number of piperidine rings is 1. The quantitative estimate of drug-likeness (QED) is 0.866. The number of hydrogen-bond donors (Lipinski definition) is 0. The first kappa shape index (κ1) is 13.6. The zero-order valence-electron chi connectivity index (χ0n) is 11.0. The van der Waals surface area contributed by atoms with E-state index in [1.54, 1.807) is 29.7 Å². The van der Waals surface area contributed by atoms with Crippen LogP contribution in [0.3, 0.4) is 0 Å². The van der Waals surface area contributed by atoms with Gasteiger partial charge in [-0.15, -0.1) is 11.3 Å². The van der Waals surface area contributed by atoms with Crippen LogP contribution in [0.25, 0.3) is 0 Å². The third-order valence-corrected chi connectivity index (χ3v) is 4.51. The molecule has 1 fully saturated rings. The Kier molecular flexibility index (Phi) is 4.38. The minimum atomic E-state index is 0.491. The summed E-state index contributed by atoms with van der Waals surface area (Å²) in [6, 6.07) is 3.60. The van der Waals surface area contributed by atoms with Gasteiger partial charge in [-0.05, 0) is 25.0 Å². The van der Waals surface area contributed by atoms with E-state index in [2.05, 4.69) is 14.9 Å². The zero-order valence-corrected chi connectivity index (χ0v) is 12.6. The second kappa shape index (κ2) is 6.41. The summed E-state index contributed by atoms with van der Waals surface area (Å²) < 4.78 is 5.76. The van der Waals surface area contributed by atoms with Gasteiger partial charge in [0.2, 0.25) is 5.88 Å². The summed E-state index contributed by atoms with van der Waals surface area (Å²) in [6.07, 6.45) is 5.90. The molecule has 0 saturated carbocycles. The van der Waals surface area contributed by atoms with E-state index in [1.165, 1.54) is 12.8 Å². The summed E-state index contributed by atoms with van der Waals surface area (Å²) in [5.74, 6) is 1.02. The molecule has 3 rings (SSSR count). The molecule has 1 aliphatic rings. The molecule has 0 aliphatic carbocycles. The van der Waals surface area contributed by atoms with Gasteiger partial charge in [0, 0.05) is 36.8 Å². The predicted octanol–water partition coefficient (Wildman–Crippen LogP) is 3.49. The summed E-state index contributed by atoms with van der Waals surface area (Å²) in [4.78, 5) is 10.9. The molecule has 0 amide bonds. The van der Waals surface area contributed by atoms with Crippen LogP contribution < -0.4 is 9.64 Å². The largest absolute Gasteiger partial charge is 0.476 e. The smallest absolute Gasteiger partial charge is 0.232 e. The summed E-state index contributed by atoms with van der Waals surface area (Å²) in [6.45, 7) is 2.71. The van der Waals surface area contributed by atoms with E-state index >= 15 is 0 Å². The predicted molar refractivity (Wildman–Crippen MR) is 81.8 cm³/mol. The maximum absolute atomic E-state index is 6.05. The van der Waals surface area contributed by atoms with Crippen molar-refractivity contribution < 1.29 is 4.74 Å². The molecule has 1 saturated heterocycles. The van der Waals surface area contributed by atoms with Crippen LogP contribution in [0.15, 0.2) is 29.9 Å². The maximum atomic E-state index is 6.05. The van der Waals surface area contributed by atoms with Crippen molar-refractivity contribution in [2.45, 2.75) is 12.8 Å². The standard InChI is InChI=1S/C14H16ClN3OS/c15-12-4-1-5-16-13(12)19-10-11-3-2-7-18(9-11)14-17-6-8-20-14/h1,4-6,8,11H,2-3,7,9-10H2. The van der Waals surface area contributed by atoms with Crippen molar-refractivity contribution in [2.75, 3.05) is 24.6 Å². The molecule has 1 aliphatic heterocycles. The molecule has 4 nitrogen and oxygen atoms in total. The monoisotopic (exact) mass is 309 g/mol. The van der Waals surface area contributed by atoms with Crippen LogP contribution in [0.4, 0.5) is 5.13 Å². The number of pyridine rings is 1. The normalized spacial score (nSPS) is 19.1. The molecule has 6 heteroatoms. The van der Waals surface area contributed by atoms with Gasteiger partial charge in [-0.1, -0.05) is 11.6 Å². The Labute approximate surface area is 127 Å². The molecule has 0 N–H and O–H groups in total. The summed E-state index contributed by atoms with van der Waals surface area (Å²) in [7, 11) is 0. The molecule has 0 bridgehead atoms. The number of anilines is 1. The van der Waals surface area contributed by atoms with Gasteiger partial charge in [0.05, 0.1) is 6.61 Å². The van der Waals surface area contributed by atoms with Crippen LogP contribution in [-0.4, -0.2) is 29.7 Å². The molecule has 0 spiro atoms. The minimum absolute atomic E-state index is 0.491. The number of hydrogen-bond acceptors (Lipinski definition) is 5. The first-order chi connectivity index (χ1) is 9.83. The van der Waals surface area contributed by atoms with Gasteiger partial charge in [0.15, 0.2) is 5.13 Å². The van der Waals surface area contributed by atoms with E-state index in [9.17, 15) is 0 Å². The number of aromatic nitrogens is 2. The van der Waals surface area contributed by atoms with Crippen LogP contribution >= 0.6 is 22.9 Å². The number of rotatable bonds is 4. The molecule has 0 radical (unpaired) electrons. The van der Waals surface area contributed by atoms with Gasteiger partial charge in [-0.3, -0.25) is 0 Å². The zero-order chi connectivity index (χ0) is 13.8. The second-order valence-electron chi connectivity index (χ2n) is 4.87. The fourth-order valence-corrected chi connectivity index (χ4v) is 3.28. The van der Waals surface area contributed by atoms with E-state index in [1.807, 2.05) is 11.6 Å². The first-order valence-electron chi connectivity index (χ1n) is 6.70. The Morgan fingerprint density at radius 2 is 2.35 bits per heavy atom. The Morgan fingerprint density at radius 3 is 3.15 bits per heavy atom. The number of nitrogens with zero attached hydrogens (tertiary/aromatic N) is 3. The van der Waals surface area contributed by atoms with Gasteiger partial charge in [-0.2, -0.15) is 0 Å². The van der Waals surface area contributed by atoms with Crippen LogP contribution in [0, 0.1) is 5.92 Å². The van der Waals surface area contributed by atoms with Crippen molar-refractivity contribution in [3.05, 3.63) is 34.9 Å². The van der Waals surface area contributed by atoms with Gasteiger partial charge in [-0.25, -0.2) is 9.97 Å². The minimum Gasteiger partial charge on any atom is -0.476 e. The average Bonchev–Trinajstić information content (AvgIpc) is 3.01. The lowest BCUT2D eigenvalue weighted by molar-refractivity contribution is 0.222. The van der Waals surface area contributed by atoms with E-state index in [0.29, 0.717) is 23.4 Å². The van der Waals surface area contributed by atoms with Gasteiger partial charge in [0.1, 0.15) is 5.02 Å². The molecule has 0 aromatic carbocycles. The third-order valence-electron chi connectivity index (χ3n) is 3.39. The highest BCUT2D eigenvalue weighted by Gasteiger charge is 2.22. The van der Waals surface area contributed by atoms with Crippen molar-refractivity contribution in [1.82, 2.24) is 9.97 Å². The van der Waals surface area contributed by atoms with Crippen molar-refractivity contribution in [2.24, 2.45) is 5.92 Å². The van der Waals surface area contributed by atoms with E-state index in [0.717, 1.165) is 18.2 Å². The Hall–Kier alpha value is -1.33. The average molecular weight is 310 g/mol. The lowest BCUT2D eigenvalue weighted by Crippen LogP contribution is -2.37. The topological polar surface area (TPSA) is 38.2 Å². The van der Waals surface area contributed by atoms with E-state index < -0.39 is 0 Å². The Balaban J connectivity index is 1.57. The molecule has 20 heavy (non-hydrogen) atoms. The molecule has 1 atom stereocenters. The summed E-state index contributed by atoms with van der Waals surface area (Å²) in [5.41, 5.74) is 0. The molecular weight excluding hydrogens is 294 g/mol. The highest BCUT2D eigenvalue weighted by Crippen LogP contribution is 2.26. The maximum Gasteiger partial charge on any atom is 0.232 e. The van der Waals surface area contributed by atoms with E-state index in [4.69, 9.17) is 16.3 Å². The molecule has 3 heterocycles. The molecule has 1 unspecified atom stereocenters. The van der Waals surface area contributed by atoms with Crippen LogP contribution in [-0.2, 0) is 0 Å². The van der Waals surface area contributed by atoms with Crippen molar-refractivity contribution in [3.8, 4) is 5.88 Å². The molecule has 2 aromatic rings. The first-order valence-corrected chi connectivity index (χ1v) is 7.96. The number of thiazole rings is 1. The van der Waals surface area contributed by atoms with Crippen molar-refractivity contribution in [3.63, 3.8) is 0 Å². The van der Waals surface area contributed by atoms with Gasteiger partial charge in [0.25, 0.3) is 0 Å². The summed E-state index contributed by atoms with van der Waals surface area (Å²) in [5, 5.41) is 3.69. The fraction of sp³-hybridized carbons (Fsp3) is 0.429. The van der Waals surface area contributed by atoms with Crippen molar-refractivity contribution >= 4 is 28.1 Å². The lowest BCUT2D eigenvalue weighted by Gasteiger charge is -2.32. The number of halogens is 1. The lowest BCUT2D eigenvalue weighted by atomic mass is 9.99. The summed E-state index contributed by atoms with van der Waals surface area (Å²) >= 11 is 7.73. The Bertz CT molecular complexity index is 549. The highest BCUT2D eigenvalue weighted by atomic mass is 35.5. The fourth-order valence-electron chi connectivity index (χ4n) is 2.42. The van der Waals surface area contributed by atoms with Crippen molar-refractivity contribution in [1.29, 1.82) is 0 Å². The SMILES string of the molecule is Clc1cccnc1OCC1CCCN(c2nccs2)C1. The van der Waals surface area contributed by atoms with Gasteiger partial charge < -0.3 is 9.64 Å². The van der Waals surface area contributed by atoms with Crippen LogP contribution in [0.5, 0.6) is 5.88 Å². The Morgan fingerprint density at radius 1 is 1.40 bits per heavy atom. The molecule has 2 aromatic heterocycles. The van der Waals surface area contributed by atoms with Crippen LogP contribution in [0.1, 0.15) is 12.8 Å². The third kappa shape index (κ3) is 3.22. The highest BCUT2D eigenvalue weighted by molar-refractivity contribution is 7.13. The number of ether oxygens (including phenoxy) is 1. The van der Waals surface area contributed by atoms with E-state index in [-0.39, 0.29) is 0 Å².